The van der Waals surface area contributed by atoms with E-state index in [0.29, 0.717) is 31.7 Å². The summed E-state index contributed by atoms with van der Waals surface area (Å²) in [7, 11) is 0. The largest absolute Gasteiger partial charge is 0.481 e. The third-order valence-corrected chi connectivity index (χ3v) is 3.40. The van der Waals surface area contributed by atoms with Crippen molar-refractivity contribution in [3.8, 4) is 0 Å². The SMILES string of the molecule is CCC(CCNC(=O)CCc1ccco1)CCC(=O)O. The van der Waals surface area contributed by atoms with Gasteiger partial charge in [0, 0.05) is 25.8 Å². The third kappa shape index (κ3) is 6.97. The molecule has 5 nitrogen and oxygen atoms in total. The van der Waals surface area contributed by atoms with Crippen LogP contribution < -0.4 is 5.32 Å². The number of rotatable bonds is 10. The van der Waals surface area contributed by atoms with Crippen molar-refractivity contribution in [2.75, 3.05) is 6.54 Å². The van der Waals surface area contributed by atoms with Crippen LogP contribution in [0.15, 0.2) is 22.8 Å². The van der Waals surface area contributed by atoms with Gasteiger partial charge in [0.1, 0.15) is 5.76 Å². The molecule has 0 aromatic carbocycles. The van der Waals surface area contributed by atoms with Crippen LogP contribution in [0.3, 0.4) is 0 Å². The van der Waals surface area contributed by atoms with E-state index < -0.39 is 5.97 Å². The van der Waals surface area contributed by atoms with Gasteiger partial charge in [-0.25, -0.2) is 0 Å². The first kappa shape index (κ1) is 16.3. The number of carboxylic acid groups (broad SMARTS) is 1. The quantitative estimate of drug-likeness (QED) is 0.691. The molecule has 0 saturated carbocycles. The van der Waals surface area contributed by atoms with Crippen molar-refractivity contribution in [2.24, 2.45) is 5.92 Å². The van der Waals surface area contributed by atoms with Crippen molar-refractivity contribution < 1.29 is 19.1 Å². The van der Waals surface area contributed by atoms with Crippen LogP contribution in [0.1, 0.15) is 44.8 Å². The Kier molecular flexibility index (Phi) is 7.47. The van der Waals surface area contributed by atoms with Gasteiger partial charge < -0.3 is 14.8 Å². The lowest BCUT2D eigenvalue weighted by molar-refractivity contribution is -0.137. The molecule has 2 N–H and O–H groups in total. The van der Waals surface area contributed by atoms with Crippen LogP contribution in [-0.4, -0.2) is 23.5 Å². The molecule has 5 heteroatoms. The van der Waals surface area contributed by atoms with Gasteiger partial charge in [-0.15, -0.1) is 0 Å². The van der Waals surface area contributed by atoms with Crippen molar-refractivity contribution in [1.29, 1.82) is 0 Å². The highest BCUT2D eigenvalue weighted by Gasteiger charge is 2.10. The Bertz CT molecular complexity index is 400. The lowest BCUT2D eigenvalue weighted by atomic mass is 9.96. The number of aliphatic carboxylic acids is 1. The van der Waals surface area contributed by atoms with Gasteiger partial charge in [-0.2, -0.15) is 0 Å². The predicted octanol–water partition coefficient (Wildman–Crippen LogP) is 2.61. The molecule has 112 valence electrons. The summed E-state index contributed by atoms with van der Waals surface area (Å²) < 4.78 is 5.16. The zero-order chi connectivity index (χ0) is 14.8. The molecule has 0 aliphatic carbocycles. The Labute approximate surface area is 119 Å². The molecule has 20 heavy (non-hydrogen) atoms. The van der Waals surface area contributed by atoms with E-state index in [1.807, 2.05) is 19.1 Å². The molecular formula is C15H23NO4. The molecule has 1 atom stereocenters. The summed E-state index contributed by atoms with van der Waals surface area (Å²) in [4.78, 5) is 22.1. The maximum Gasteiger partial charge on any atom is 0.303 e. The number of carbonyl (C=O) groups excluding carboxylic acids is 1. The molecular weight excluding hydrogens is 258 g/mol. The van der Waals surface area contributed by atoms with E-state index in [9.17, 15) is 9.59 Å². The minimum atomic E-state index is -0.758. The van der Waals surface area contributed by atoms with Gasteiger partial charge in [0.05, 0.1) is 6.26 Å². The van der Waals surface area contributed by atoms with E-state index >= 15 is 0 Å². The third-order valence-electron chi connectivity index (χ3n) is 3.40. The van der Waals surface area contributed by atoms with Gasteiger partial charge in [-0.05, 0) is 30.9 Å². The van der Waals surface area contributed by atoms with Gasteiger partial charge in [-0.3, -0.25) is 9.59 Å². The molecule has 0 aliphatic heterocycles. The molecule has 1 unspecified atom stereocenters. The summed E-state index contributed by atoms with van der Waals surface area (Å²) in [5.41, 5.74) is 0. The van der Waals surface area contributed by atoms with Crippen LogP contribution in [-0.2, 0) is 16.0 Å². The summed E-state index contributed by atoms with van der Waals surface area (Å²) >= 11 is 0. The molecule has 0 radical (unpaired) electrons. The molecule has 0 bridgehead atoms. The maximum absolute atomic E-state index is 11.6. The monoisotopic (exact) mass is 281 g/mol. The van der Waals surface area contributed by atoms with Crippen molar-refractivity contribution in [2.45, 2.75) is 45.4 Å². The van der Waals surface area contributed by atoms with Crippen LogP contribution in [0, 0.1) is 5.92 Å². The Balaban J connectivity index is 2.11. The Morgan fingerprint density at radius 1 is 1.35 bits per heavy atom. The predicted molar refractivity (Wildman–Crippen MR) is 75.3 cm³/mol. The van der Waals surface area contributed by atoms with E-state index in [1.165, 1.54) is 0 Å². The van der Waals surface area contributed by atoms with Crippen molar-refractivity contribution in [3.05, 3.63) is 24.2 Å². The normalized spacial score (nSPS) is 12.1. The maximum atomic E-state index is 11.6. The van der Waals surface area contributed by atoms with Gasteiger partial charge in [0.25, 0.3) is 0 Å². The average molecular weight is 281 g/mol. The van der Waals surface area contributed by atoms with E-state index in [0.717, 1.165) is 18.6 Å². The van der Waals surface area contributed by atoms with E-state index in [-0.39, 0.29) is 12.3 Å². The van der Waals surface area contributed by atoms with E-state index in [2.05, 4.69) is 5.32 Å². The zero-order valence-electron chi connectivity index (χ0n) is 11.9. The van der Waals surface area contributed by atoms with Gasteiger partial charge in [0.15, 0.2) is 0 Å². The van der Waals surface area contributed by atoms with Crippen molar-refractivity contribution in [1.82, 2.24) is 5.32 Å². The molecule has 1 rings (SSSR count). The number of carboxylic acids is 1. The second kappa shape index (κ2) is 9.18. The van der Waals surface area contributed by atoms with E-state index in [4.69, 9.17) is 9.52 Å². The summed E-state index contributed by atoms with van der Waals surface area (Å²) in [6, 6.07) is 3.66. The number of aryl methyl sites for hydroxylation is 1. The lowest BCUT2D eigenvalue weighted by Gasteiger charge is -2.13. The number of furan rings is 1. The van der Waals surface area contributed by atoms with Crippen LogP contribution in [0.2, 0.25) is 0 Å². The molecule has 1 heterocycles. The Morgan fingerprint density at radius 3 is 2.75 bits per heavy atom. The molecule has 1 amide bonds. The fourth-order valence-corrected chi connectivity index (χ4v) is 2.08. The number of hydrogen-bond donors (Lipinski definition) is 2. The van der Waals surface area contributed by atoms with Crippen LogP contribution in [0.5, 0.6) is 0 Å². The Morgan fingerprint density at radius 2 is 2.15 bits per heavy atom. The highest BCUT2D eigenvalue weighted by Crippen LogP contribution is 2.14. The van der Waals surface area contributed by atoms with Crippen molar-refractivity contribution in [3.63, 3.8) is 0 Å². The minimum absolute atomic E-state index is 0.00878. The summed E-state index contributed by atoms with van der Waals surface area (Å²) in [5.74, 6) is 0.421. The zero-order valence-corrected chi connectivity index (χ0v) is 11.9. The molecule has 0 spiro atoms. The smallest absolute Gasteiger partial charge is 0.303 e. The van der Waals surface area contributed by atoms with Crippen LogP contribution in [0.4, 0.5) is 0 Å². The highest BCUT2D eigenvalue weighted by molar-refractivity contribution is 5.76. The van der Waals surface area contributed by atoms with Crippen molar-refractivity contribution >= 4 is 11.9 Å². The molecule has 1 aromatic heterocycles. The average Bonchev–Trinajstić information content (AvgIpc) is 2.93. The van der Waals surface area contributed by atoms with Gasteiger partial charge in [-0.1, -0.05) is 13.3 Å². The molecule has 0 aliphatic rings. The van der Waals surface area contributed by atoms with Crippen LogP contribution in [0.25, 0.3) is 0 Å². The Hall–Kier alpha value is -1.78. The summed E-state index contributed by atoms with van der Waals surface area (Å²) in [6.45, 7) is 2.65. The second-order valence-corrected chi connectivity index (χ2v) is 4.92. The van der Waals surface area contributed by atoms with Crippen LogP contribution >= 0.6 is 0 Å². The first-order valence-corrected chi connectivity index (χ1v) is 7.12. The van der Waals surface area contributed by atoms with E-state index in [1.54, 1.807) is 6.26 Å². The highest BCUT2D eigenvalue weighted by atomic mass is 16.4. The molecule has 0 saturated heterocycles. The number of carbonyl (C=O) groups is 2. The molecule has 1 aromatic rings. The fraction of sp³-hybridized carbons (Fsp3) is 0.600. The first-order chi connectivity index (χ1) is 9.61. The van der Waals surface area contributed by atoms with Gasteiger partial charge in [0.2, 0.25) is 5.91 Å². The number of nitrogens with one attached hydrogen (secondary N) is 1. The summed E-state index contributed by atoms with van der Waals surface area (Å²) in [5, 5.41) is 11.5. The fourth-order valence-electron chi connectivity index (χ4n) is 2.08. The first-order valence-electron chi connectivity index (χ1n) is 7.12. The van der Waals surface area contributed by atoms with Gasteiger partial charge >= 0.3 is 5.97 Å². The second-order valence-electron chi connectivity index (χ2n) is 4.92. The standard InChI is InChI=1S/C15H23NO4/c1-2-12(5-8-15(18)19)9-10-16-14(17)7-6-13-4-3-11-20-13/h3-4,11-12H,2,5-10H2,1H3,(H,16,17)(H,18,19). The lowest BCUT2D eigenvalue weighted by Crippen LogP contribution is -2.26. The number of amides is 1. The minimum Gasteiger partial charge on any atom is -0.481 e. The number of hydrogen-bond acceptors (Lipinski definition) is 3. The topological polar surface area (TPSA) is 79.5 Å². The summed E-state index contributed by atoms with van der Waals surface area (Å²) in [6.07, 6.45) is 5.26. The molecule has 0 fully saturated rings.